The van der Waals surface area contributed by atoms with E-state index in [0.29, 0.717) is 19.6 Å². The van der Waals surface area contributed by atoms with E-state index < -0.39 is 10.2 Å². The molecule has 1 rings (SSSR count). The molecule has 106 valence electrons. The molecule has 0 amide bonds. The van der Waals surface area contributed by atoms with Crippen molar-refractivity contribution >= 4 is 10.2 Å². The van der Waals surface area contributed by atoms with E-state index in [-0.39, 0.29) is 6.04 Å². The van der Waals surface area contributed by atoms with Gasteiger partial charge in [-0.15, -0.1) is 0 Å². The first-order chi connectivity index (χ1) is 8.39. The molecule has 1 aliphatic heterocycles. The van der Waals surface area contributed by atoms with Crippen LogP contribution in [0.3, 0.4) is 0 Å². The van der Waals surface area contributed by atoms with E-state index in [0.717, 1.165) is 24.8 Å². The number of hydrogen-bond donors (Lipinski definition) is 1. The molecule has 1 unspecified atom stereocenters. The van der Waals surface area contributed by atoms with Crippen molar-refractivity contribution < 1.29 is 8.42 Å². The van der Waals surface area contributed by atoms with Crippen molar-refractivity contribution in [2.75, 3.05) is 33.7 Å². The van der Waals surface area contributed by atoms with Gasteiger partial charge in [0.05, 0.1) is 0 Å². The normalized spacial score (nSPS) is 22.3. The third-order valence-electron chi connectivity index (χ3n) is 3.20. The molecule has 1 saturated heterocycles. The van der Waals surface area contributed by atoms with Crippen LogP contribution in [-0.4, -0.2) is 56.8 Å². The maximum absolute atomic E-state index is 12.5. The molecule has 5 nitrogen and oxygen atoms in total. The number of likely N-dealkylation sites (N-methyl/N-ethyl adjacent to an activating group) is 2. The van der Waals surface area contributed by atoms with Crippen LogP contribution in [-0.2, 0) is 10.2 Å². The molecule has 0 aromatic carbocycles. The molecule has 0 bridgehead atoms. The lowest BCUT2D eigenvalue weighted by Gasteiger charge is -2.37. The van der Waals surface area contributed by atoms with Gasteiger partial charge in [0, 0.05) is 32.7 Å². The van der Waals surface area contributed by atoms with Gasteiger partial charge in [0.15, 0.2) is 0 Å². The van der Waals surface area contributed by atoms with Crippen LogP contribution in [0, 0.1) is 0 Å². The Kier molecular flexibility index (Phi) is 5.78. The second-order valence-corrected chi connectivity index (χ2v) is 7.03. The molecule has 0 saturated carbocycles. The van der Waals surface area contributed by atoms with E-state index in [1.54, 1.807) is 11.4 Å². The van der Waals surface area contributed by atoms with E-state index in [1.165, 1.54) is 4.31 Å². The molecular weight excluding hydrogens is 250 g/mol. The summed E-state index contributed by atoms with van der Waals surface area (Å²) >= 11 is 0. The fraction of sp³-hybridized carbons (Fsp3) is 0.833. The molecule has 6 heteroatoms. The predicted octanol–water partition coefficient (Wildman–Crippen LogP) is 0.813. The first kappa shape index (κ1) is 15.6. The third kappa shape index (κ3) is 3.78. The Morgan fingerprint density at radius 2 is 2.17 bits per heavy atom. The van der Waals surface area contributed by atoms with Gasteiger partial charge >= 0.3 is 0 Å². The molecule has 1 N–H and O–H groups in total. The molecule has 0 radical (unpaired) electrons. The van der Waals surface area contributed by atoms with Crippen molar-refractivity contribution in [3.05, 3.63) is 12.2 Å². The highest BCUT2D eigenvalue weighted by Gasteiger charge is 2.34. The Balaban J connectivity index is 2.83. The molecular formula is C12H25N3O2S. The number of nitrogens with zero attached hydrogens (tertiary/aromatic N) is 2. The first-order valence-corrected chi connectivity index (χ1v) is 7.81. The lowest BCUT2D eigenvalue weighted by Crippen LogP contribution is -2.52. The monoisotopic (exact) mass is 275 g/mol. The minimum atomic E-state index is -3.36. The average Bonchev–Trinajstić information content (AvgIpc) is 2.29. The standard InChI is InChI=1S/C12H25N3O2S/c1-11(2)10-14(4)18(16,17)15-8-6-5-7-12(15)9-13-3/h12-13H,1,5-10H2,2-4H3. The number of rotatable bonds is 6. The molecule has 1 fully saturated rings. The van der Waals surface area contributed by atoms with E-state index >= 15 is 0 Å². The second kappa shape index (κ2) is 6.65. The summed E-state index contributed by atoms with van der Waals surface area (Å²) in [6, 6.07) is 0.0707. The molecule has 1 aliphatic rings. The quantitative estimate of drug-likeness (QED) is 0.730. The Morgan fingerprint density at radius 1 is 1.50 bits per heavy atom. The van der Waals surface area contributed by atoms with Gasteiger partial charge in [-0.25, -0.2) is 0 Å². The van der Waals surface area contributed by atoms with Crippen LogP contribution in [0.2, 0.25) is 0 Å². The fourth-order valence-corrected chi connectivity index (χ4v) is 4.02. The average molecular weight is 275 g/mol. The summed E-state index contributed by atoms with van der Waals surface area (Å²) in [6.07, 6.45) is 2.98. The minimum Gasteiger partial charge on any atom is -0.318 e. The van der Waals surface area contributed by atoms with E-state index in [9.17, 15) is 8.42 Å². The third-order valence-corrected chi connectivity index (χ3v) is 5.19. The summed E-state index contributed by atoms with van der Waals surface area (Å²) in [5, 5.41) is 3.08. The van der Waals surface area contributed by atoms with Crippen LogP contribution < -0.4 is 5.32 Å². The summed E-state index contributed by atoms with van der Waals surface area (Å²) in [7, 11) is 0.116. The summed E-state index contributed by atoms with van der Waals surface area (Å²) in [5.41, 5.74) is 0.850. The number of hydrogen-bond acceptors (Lipinski definition) is 3. The molecule has 1 heterocycles. The highest BCUT2D eigenvalue weighted by molar-refractivity contribution is 7.86. The Hall–Kier alpha value is -0.430. The molecule has 1 atom stereocenters. The van der Waals surface area contributed by atoms with Crippen molar-refractivity contribution in [3.63, 3.8) is 0 Å². The van der Waals surface area contributed by atoms with Crippen molar-refractivity contribution in [1.29, 1.82) is 0 Å². The molecule has 0 spiro atoms. The zero-order chi connectivity index (χ0) is 13.8. The minimum absolute atomic E-state index is 0.0707. The van der Waals surface area contributed by atoms with E-state index in [2.05, 4.69) is 11.9 Å². The van der Waals surface area contributed by atoms with Gasteiger partial charge in [-0.05, 0) is 26.8 Å². The van der Waals surface area contributed by atoms with Crippen LogP contribution in [0.5, 0.6) is 0 Å². The predicted molar refractivity (Wildman–Crippen MR) is 74.6 cm³/mol. The van der Waals surface area contributed by atoms with Gasteiger partial charge in [-0.3, -0.25) is 0 Å². The van der Waals surface area contributed by atoms with Gasteiger partial charge in [-0.1, -0.05) is 18.6 Å². The van der Waals surface area contributed by atoms with Crippen LogP contribution in [0.4, 0.5) is 0 Å². The number of nitrogens with one attached hydrogen (secondary N) is 1. The fourth-order valence-electron chi connectivity index (χ4n) is 2.36. The Labute approximate surface area is 111 Å². The van der Waals surface area contributed by atoms with E-state index in [4.69, 9.17) is 0 Å². The van der Waals surface area contributed by atoms with E-state index in [1.807, 2.05) is 14.0 Å². The van der Waals surface area contributed by atoms with Crippen LogP contribution in [0.1, 0.15) is 26.2 Å². The molecule has 0 aliphatic carbocycles. The zero-order valence-electron chi connectivity index (χ0n) is 11.6. The summed E-state index contributed by atoms with van der Waals surface area (Å²) in [5.74, 6) is 0. The van der Waals surface area contributed by atoms with Crippen LogP contribution in [0.25, 0.3) is 0 Å². The van der Waals surface area contributed by atoms with Crippen LogP contribution >= 0.6 is 0 Å². The smallest absolute Gasteiger partial charge is 0.282 e. The summed E-state index contributed by atoms with van der Waals surface area (Å²) in [4.78, 5) is 0. The van der Waals surface area contributed by atoms with Crippen molar-refractivity contribution in [3.8, 4) is 0 Å². The Bertz CT molecular complexity index is 379. The number of piperidine rings is 1. The molecule has 0 aromatic rings. The highest BCUT2D eigenvalue weighted by atomic mass is 32.2. The summed E-state index contributed by atoms with van der Waals surface area (Å²) in [6.45, 7) is 7.32. The maximum atomic E-state index is 12.5. The van der Waals surface area contributed by atoms with Crippen molar-refractivity contribution in [1.82, 2.24) is 13.9 Å². The topological polar surface area (TPSA) is 52.7 Å². The zero-order valence-corrected chi connectivity index (χ0v) is 12.5. The van der Waals surface area contributed by atoms with Gasteiger partial charge in [-0.2, -0.15) is 17.0 Å². The van der Waals surface area contributed by atoms with Crippen molar-refractivity contribution in [2.24, 2.45) is 0 Å². The van der Waals surface area contributed by atoms with Gasteiger partial charge in [0.2, 0.25) is 0 Å². The van der Waals surface area contributed by atoms with Crippen molar-refractivity contribution in [2.45, 2.75) is 32.2 Å². The first-order valence-electron chi connectivity index (χ1n) is 6.41. The SMILES string of the molecule is C=C(C)CN(C)S(=O)(=O)N1CCCCC1CNC. The van der Waals surface area contributed by atoms with Gasteiger partial charge in [0.25, 0.3) is 10.2 Å². The van der Waals surface area contributed by atoms with Gasteiger partial charge < -0.3 is 5.32 Å². The second-order valence-electron chi connectivity index (χ2n) is 5.04. The molecule has 18 heavy (non-hydrogen) atoms. The van der Waals surface area contributed by atoms with Crippen LogP contribution in [0.15, 0.2) is 12.2 Å². The van der Waals surface area contributed by atoms with Gasteiger partial charge in [0.1, 0.15) is 0 Å². The Morgan fingerprint density at radius 3 is 2.72 bits per heavy atom. The summed E-state index contributed by atoms with van der Waals surface area (Å²) < 4.78 is 28.0. The maximum Gasteiger partial charge on any atom is 0.282 e. The lowest BCUT2D eigenvalue weighted by molar-refractivity contribution is 0.235. The molecule has 0 aromatic heterocycles. The largest absolute Gasteiger partial charge is 0.318 e. The lowest BCUT2D eigenvalue weighted by atomic mass is 10.1. The highest BCUT2D eigenvalue weighted by Crippen LogP contribution is 2.22.